The van der Waals surface area contributed by atoms with Crippen molar-refractivity contribution in [1.29, 1.82) is 0 Å². The van der Waals surface area contributed by atoms with Crippen molar-refractivity contribution in [2.45, 2.75) is 31.8 Å². The van der Waals surface area contributed by atoms with Gasteiger partial charge >= 0.3 is 0 Å². The highest BCUT2D eigenvalue weighted by Gasteiger charge is 2.64. The van der Waals surface area contributed by atoms with Crippen LogP contribution < -0.4 is 5.32 Å². The van der Waals surface area contributed by atoms with Crippen molar-refractivity contribution in [3.8, 4) is 0 Å². The zero-order valence-electron chi connectivity index (χ0n) is 8.86. The largest absolute Gasteiger partial charge is 0.309 e. The Kier molecular flexibility index (Phi) is 1.80. The lowest BCUT2D eigenvalue weighted by Crippen LogP contribution is -2.22. The molecule has 0 saturated heterocycles. The van der Waals surface area contributed by atoms with Crippen LogP contribution in [0.4, 0.5) is 0 Å². The van der Waals surface area contributed by atoms with Crippen molar-refractivity contribution in [3.05, 3.63) is 22.4 Å². The van der Waals surface area contributed by atoms with Gasteiger partial charge in [0.15, 0.2) is 0 Å². The molecule has 3 aliphatic rings. The summed E-state index contributed by atoms with van der Waals surface area (Å²) in [5.41, 5.74) is 1.47. The van der Waals surface area contributed by atoms with Gasteiger partial charge in [0.05, 0.1) is 0 Å². The van der Waals surface area contributed by atoms with E-state index in [1.807, 2.05) is 0 Å². The first-order valence-corrected chi connectivity index (χ1v) is 7.12. The van der Waals surface area contributed by atoms with Gasteiger partial charge in [0, 0.05) is 12.6 Å². The molecule has 1 heterocycles. The Hall–Kier alpha value is -0.340. The molecule has 2 bridgehead atoms. The fourth-order valence-electron chi connectivity index (χ4n) is 4.23. The first-order valence-electron chi connectivity index (χ1n) is 6.18. The molecule has 3 saturated carbocycles. The van der Waals surface area contributed by atoms with Gasteiger partial charge in [-0.1, -0.05) is 0 Å². The molecule has 2 heteroatoms. The minimum absolute atomic E-state index is 0.885. The van der Waals surface area contributed by atoms with E-state index >= 15 is 0 Å². The van der Waals surface area contributed by atoms with Gasteiger partial charge in [0.2, 0.25) is 0 Å². The molecule has 4 rings (SSSR count). The van der Waals surface area contributed by atoms with E-state index in [1.54, 1.807) is 17.8 Å². The van der Waals surface area contributed by atoms with Crippen LogP contribution in [0.3, 0.4) is 0 Å². The molecule has 3 aliphatic carbocycles. The van der Waals surface area contributed by atoms with Gasteiger partial charge in [-0.2, -0.15) is 11.3 Å². The zero-order chi connectivity index (χ0) is 9.83. The van der Waals surface area contributed by atoms with Gasteiger partial charge in [-0.05, 0) is 65.3 Å². The summed E-state index contributed by atoms with van der Waals surface area (Å²) < 4.78 is 0. The predicted molar refractivity (Wildman–Crippen MR) is 62.8 cm³/mol. The lowest BCUT2D eigenvalue weighted by atomic mass is 10.0. The van der Waals surface area contributed by atoms with Gasteiger partial charge in [-0.25, -0.2) is 0 Å². The molecule has 0 aliphatic heterocycles. The first-order chi connectivity index (χ1) is 7.43. The molecule has 1 aromatic heterocycles. The highest BCUT2D eigenvalue weighted by molar-refractivity contribution is 7.07. The molecular weight excluding hydrogens is 202 g/mol. The predicted octanol–water partition coefficient (Wildman–Crippen LogP) is 2.88. The molecule has 1 nitrogen and oxygen atoms in total. The zero-order valence-corrected chi connectivity index (χ0v) is 9.67. The van der Waals surface area contributed by atoms with Gasteiger partial charge in [-0.3, -0.25) is 0 Å². The second kappa shape index (κ2) is 3.08. The van der Waals surface area contributed by atoms with Gasteiger partial charge < -0.3 is 5.32 Å². The second-order valence-electron chi connectivity index (χ2n) is 5.53. The van der Waals surface area contributed by atoms with Crippen LogP contribution in [-0.2, 0) is 6.54 Å². The molecule has 1 aromatic rings. The fraction of sp³-hybridized carbons (Fsp3) is 0.692. The Morgan fingerprint density at radius 2 is 2.07 bits per heavy atom. The summed E-state index contributed by atoms with van der Waals surface area (Å²) in [5.74, 6) is 4.34. The van der Waals surface area contributed by atoms with Crippen molar-refractivity contribution in [3.63, 3.8) is 0 Å². The van der Waals surface area contributed by atoms with E-state index in [-0.39, 0.29) is 0 Å². The van der Waals surface area contributed by atoms with E-state index in [0.717, 1.165) is 36.3 Å². The number of hydrogen-bond donors (Lipinski definition) is 1. The van der Waals surface area contributed by atoms with Crippen molar-refractivity contribution in [2.75, 3.05) is 0 Å². The van der Waals surface area contributed by atoms with Crippen molar-refractivity contribution >= 4 is 11.3 Å². The van der Waals surface area contributed by atoms with Crippen molar-refractivity contribution in [2.24, 2.45) is 23.7 Å². The normalized spacial score (nSPS) is 45.7. The molecular formula is C13H17NS. The smallest absolute Gasteiger partial charge is 0.0216 e. The fourth-order valence-corrected chi connectivity index (χ4v) is 4.90. The molecule has 0 amide bonds. The molecule has 4 unspecified atom stereocenters. The summed E-state index contributed by atoms with van der Waals surface area (Å²) in [5, 5.41) is 8.21. The van der Waals surface area contributed by atoms with Crippen molar-refractivity contribution < 1.29 is 0 Å². The molecule has 0 spiro atoms. The third-order valence-corrected chi connectivity index (χ3v) is 5.59. The first kappa shape index (κ1) is 8.77. The average molecular weight is 219 g/mol. The summed E-state index contributed by atoms with van der Waals surface area (Å²) in [6.45, 7) is 1.10. The SMILES string of the molecule is c1cc(CNC2C3C4CCC(C4)C23)cs1. The summed E-state index contributed by atoms with van der Waals surface area (Å²) in [7, 11) is 0. The van der Waals surface area contributed by atoms with Crippen LogP contribution in [0.1, 0.15) is 24.8 Å². The van der Waals surface area contributed by atoms with Crippen LogP contribution in [0.2, 0.25) is 0 Å². The Balaban J connectivity index is 1.39. The third kappa shape index (κ3) is 1.24. The summed E-state index contributed by atoms with van der Waals surface area (Å²) >= 11 is 1.81. The van der Waals surface area contributed by atoms with Gasteiger partial charge in [0.25, 0.3) is 0 Å². The van der Waals surface area contributed by atoms with E-state index in [9.17, 15) is 0 Å². The lowest BCUT2D eigenvalue weighted by molar-refractivity contribution is 0.456. The average Bonchev–Trinajstić information content (AvgIpc) is 2.72. The van der Waals surface area contributed by atoms with Crippen LogP contribution >= 0.6 is 11.3 Å². The number of rotatable bonds is 3. The standard InChI is InChI=1S/C13H17NS/c1-2-10-5-9(1)11-12(10)13(11)14-6-8-3-4-15-7-8/h3-4,7,9-14H,1-2,5-6H2. The Bertz CT molecular complexity index is 343. The number of thiophene rings is 1. The highest BCUT2D eigenvalue weighted by Crippen LogP contribution is 2.65. The molecule has 80 valence electrons. The van der Waals surface area contributed by atoms with E-state index < -0.39 is 0 Å². The summed E-state index contributed by atoms with van der Waals surface area (Å²) in [6, 6.07) is 3.13. The van der Waals surface area contributed by atoms with E-state index in [1.165, 1.54) is 18.4 Å². The minimum atomic E-state index is 0.885. The van der Waals surface area contributed by atoms with E-state index in [2.05, 4.69) is 22.1 Å². The van der Waals surface area contributed by atoms with Gasteiger partial charge in [0.1, 0.15) is 0 Å². The number of fused-ring (bicyclic) bond motifs is 5. The minimum Gasteiger partial charge on any atom is -0.309 e. The van der Waals surface area contributed by atoms with Crippen LogP contribution in [0.25, 0.3) is 0 Å². The summed E-state index contributed by atoms with van der Waals surface area (Å²) in [6.07, 6.45) is 4.62. The Morgan fingerprint density at radius 3 is 2.73 bits per heavy atom. The molecule has 15 heavy (non-hydrogen) atoms. The molecule has 3 fully saturated rings. The maximum absolute atomic E-state index is 3.77. The second-order valence-corrected chi connectivity index (χ2v) is 6.31. The van der Waals surface area contributed by atoms with Crippen LogP contribution in [-0.4, -0.2) is 6.04 Å². The van der Waals surface area contributed by atoms with Crippen molar-refractivity contribution in [1.82, 2.24) is 5.32 Å². The maximum atomic E-state index is 3.77. The Morgan fingerprint density at radius 1 is 1.27 bits per heavy atom. The Labute approximate surface area is 94.9 Å². The maximum Gasteiger partial charge on any atom is 0.0216 e. The molecule has 0 aromatic carbocycles. The van der Waals surface area contributed by atoms with E-state index in [4.69, 9.17) is 0 Å². The molecule has 0 radical (unpaired) electrons. The highest BCUT2D eigenvalue weighted by atomic mass is 32.1. The van der Waals surface area contributed by atoms with Crippen LogP contribution in [0.5, 0.6) is 0 Å². The third-order valence-electron chi connectivity index (χ3n) is 4.86. The monoisotopic (exact) mass is 219 g/mol. The van der Waals surface area contributed by atoms with E-state index in [0.29, 0.717) is 0 Å². The van der Waals surface area contributed by atoms with Gasteiger partial charge in [-0.15, -0.1) is 0 Å². The number of nitrogens with one attached hydrogen (secondary N) is 1. The number of hydrogen-bond acceptors (Lipinski definition) is 2. The van der Waals surface area contributed by atoms with Crippen LogP contribution in [0.15, 0.2) is 16.8 Å². The molecule has 1 N–H and O–H groups in total. The lowest BCUT2D eigenvalue weighted by Gasteiger charge is -2.09. The molecule has 4 atom stereocenters. The van der Waals surface area contributed by atoms with Crippen LogP contribution in [0, 0.1) is 23.7 Å². The topological polar surface area (TPSA) is 12.0 Å². The summed E-state index contributed by atoms with van der Waals surface area (Å²) in [4.78, 5) is 0. The quantitative estimate of drug-likeness (QED) is 0.824.